The molecule has 1 saturated heterocycles. The molecule has 1 fully saturated rings. The maximum absolute atomic E-state index is 12.0. The fraction of sp³-hybridized carbons (Fsp3) is 0.500. The van der Waals surface area contributed by atoms with E-state index in [-0.39, 0.29) is 6.04 Å². The Morgan fingerprint density at radius 3 is 2.43 bits per heavy atom. The van der Waals surface area contributed by atoms with Crippen LogP contribution in [0.5, 0.6) is 0 Å². The summed E-state index contributed by atoms with van der Waals surface area (Å²) in [5.41, 5.74) is 0. The standard InChI is InChI=1S/C14H19BrN4O2/c1-10(2)17-13(20)14(21)19-7-5-18(6-8-19)12-4-3-11(15)9-16-12/h3-4,9-10H,5-8H2,1-2H3,(H,17,20). The molecule has 0 saturated carbocycles. The third kappa shape index (κ3) is 4.17. The number of carbonyl (C=O) groups excluding carboxylic acids is 2. The molecule has 0 atom stereocenters. The van der Waals surface area contributed by atoms with Crippen molar-refractivity contribution in [1.82, 2.24) is 15.2 Å². The summed E-state index contributed by atoms with van der Waals surface area (Å²) in [6, 6.07) is 3.85. The number of halogens is 1. The van der Waals surface area contributed by atoms with Crippen molar-refractivity contribution in [3.05, 3.63) is 22.8 Å². The highest BCUT2D eigenvalue weighted by Crippen LogP contribution is 2.16. The van der Waals surface area contributed by atoms with Crippen LogP contribution in [-0.4, -0.2) is 53.9 Å². The van der Waals surface area contributed by atoms with Crippen LogP contribution in [0.2, 0.25) is 0 Å². The minimum Gasteiger partial charge on any atom is -0.353 e. The number of pyridine rings is 1. The maximum atomic E-state index is 12.0. The maximum Gasteiger partial charge on any atom is 0.312 e. The summed E-state index contributed by atoms with van der Waals surface area (Å²) in [5.74, 6) is -0.0933. The second-order valence-electron chi connectivity index (χ2n) is 5.24. The van der Waals surface area contributed by atoms with E-state index in [9.17, 15) is 9.59 Å². The lowest BCUT2D eigenvalue weighted by molar-refractivity contribution is -0.146. The smallest absolute Gasteiger partial charge is 0.312 e. The molecule has 7 heteroatoms. The highest BCUT2D eigenvalue weighted by Gasteiger charge is 2.26. The van der Waals surface area contributed by atoms with Gasteiger partial charge < -0.3 is 15.1 Å². The summed E-state index contributed by atoms with van der Waals surface area (Å²) in [6.45, 7) is 6.08. The Balaban J connectivity index is 1.89. The minimum absolute atomic E-state index is 0.0327. The second-order valence-corrected chi connectivity index (χ2v) is 6.16. The summed E-state index contributed by atoms with van der Waals surface area (Å²) in [7, 11) is 0. The number of anilines is 1. The van der Waals surface area contributed by atoms with Crippen LogP contribution in [0.25, 0.3) is 0 Å². The average molecular weight is 355 g/mol. The van der Waals surface area contributed by atoms with E-state index in [0.717, 1.165) is 10.3 Å². The van der Waals surface area contributed by atoms with Gasteiger partial charge in [-0.05, 0) is 41.9 Å². The summed E-state index contributed by atoms with van der Waals surface area (Å²) >= 11 is 3.36. The van der Waals surface area contributed by atoms with Crippen LogP contribution >= 0.6 is 15.9 Å². The van der Waals surface area contributed by atoms with E-state index in [1.165, 1.54) is 0 Å². The first-order valence-corrected chi connectivity index (χ1v) is 7.73. The fourth-order valence-corrected chi connectivity index (χ4v) is 2.40. The predicted octanol–water partition coefficient (Wildman–Crippen LogP) is 1.02. The number of nitrogens with zero attached hydrogens (tertiary/aromatic N) is 3. The Morgan fingerprint density at radius 2 is 1.90 bits per heavy atom. The quantitative estimate of drug-likeness (QED) is 0.805. The Morgan fingerprint density at radius 1 is 1.24 bits per heavy atom. The Hall–Kier alpha value is -1.63. The van der Waals surface area contributed by atoms with Crippen LogP contribution < -0.4 is 10.2 Å². The van der Waals surface area contributed by atoms with Crippen LogP contribution in [0, 0.1) is 0 Å². The lowest BCUT2D eigenvalue weighted by atomic mass is 10.3. The monoisotopic (exact) mass is 354 g/mol. The van der Waals surface area contributed by atoms with E-state index in [1.807, 2.05) is 26.0 Å². The molecule has 0 aliphatic carbocycles. The van der Waals surface area contributed by atoms with Gasteiger partial charge in [-0.1, -0.05) is 0 Å². The molecule has 1 aromatic heterocycles. The van der Waals surface area contributed by atoms with E-state index in [4.69, 9.17) is 0 Å². The topological polar surface area (TPSA) is 65.5 Å². The van der Waals surface area contributed by atoms with Crippen LogP contribution in [-0.2, 0) is 9.59 Å². The normalized spacial score (nSPS) is 15.2. The average Bonchev–Trinajstić information content (AvgIpc) is 2.47. The first-order valence-electron chi connectivity index (χ1n) is 6.93. The van der Waals surface area contributed by atoms with Crippen molar-refractivity contribution in [2.75, 3.05) is 31.1 Å². The third-order valence-corrected chi connectivity index (χ3v) is 3.69. The molecule has 2 amide bonds. The van der Waals surface area contributed by atoms with E-state index >= 15 is 0 Å². The van der Waals surface area contributed by atoms with Gasteiger partial charge in [-0.2, -0.15) is 0 Å². The number of aromatic nitrogens is 1. The van der Waals surface area contributed by atoms with Gasteiger partial charge in [0.25, 0.3) is 0 Å². The van der Waals surface area contributed by atoms with Crippen LogP contribution in [0.1, 0.15) is 13.8 Å². The van der Waals surface area contributed by atoms with Crippen molar-refractivity contribution in [2.24, 2.45) is 0 Å². The van der Waals surface area contributed by atoms with Gasteiger partial charge in [-0.3, -0.25) is 9.59 Å². The molecule has 21 heavy (non-hydrogen) atoms. The molecule has 1 aromatic rings. The van der Waals surface area contributed by atoms with Crippen molar-refractivity contribution in [3.8, 4) is 0 Å². The molecule has 1 N–H and O–H groups in total. The van der Waals surface area contributed by atoms with Gasteiger partial charge in [0.2, 0.25) is 0 Å². The molecule has 1 aliphatic rings. The lowest BCUT2D eigenvalue weighted by Gasteiger charge is -2.35. The summed E-state index contributed by atoms with van der Waals surface area (Å²) in [4.78, 5) is 31.7. The number of amides is 2. The van der Waals surface area contributed by atoms with Gasteiger partial charge in [0, 0.05) is 42.9 Å². The number of rotatable bonds is 2. The number of nitrogens with one attached hydrogen (secondary N) is 1. The molecule has 2 rings (SSSR count). The van der Waals surface area contributed by atoms with Gasteiger partial charge in [-0.15, -0.1) is 0 Å². The Kier molecular flexibility index (Phi) is 5.17. The largest absolute Gasteiger partial charge is 0.353 e. The van der Waals surface area contributed by atoms with Crippen molar-refractivity contribution in [1.29, 1.82) is 0 Å². The lowest BCUT2D eigenvalue weighted by Crippen LogP contribution is -2.53. The van der Waals surface area contributed by atoms with Crippen molar-refractivity contribution in [2.45, 2.75) is 19.9 Å². The van der Waals surface area contributed by atoms with Crippen LogP contribution in [0.4, 0.5) is 5.82 Å². The molecule has 0 unspecified atom stereocenters. The van der Waals surface area contributed by atoms with Crippen LogP contribution in [0.3, 0.4) is 0 Å². The molecule has 114 valence electrons. The summed E-state index contributed by atoms with van der Waals surface area (Å²) < 4.78 is 0.936. The SMILES string of the molecule is CC(C)NC(=O)C(=O)N1CCN(c2ccc(Br)cn2)CC1. The molecule has 0 spiro atoms. The van der Waals surface area contributed by atoms with E-state index in [0.29, 0.717) is 26.2 Å². The Labute approximate surface area is 132 Å². The molecule has 6 nitrogen and oxygen atoms in total. The minimum atomic E-state index is -0.528. The molecule has 0 aromatic carbocycles. The van der Waals surface area contributed by atoms with E-state index in [1.54, 1.807) is 11.1 Å². The van der Waals surface area contributed by atoms with E-state index in [2.05, 4.69) is 31.1 Å². The van der Waals surface area contributed by atoms with Gasteiger partial charge >= 0.3 is 11.8 Å². The molecule has 0 radical (unpaired) electrons. The Bertz CT molecular complexity index is 510. The van der Waals surface area contributed by atoms with Gasteiger partial charge in [0.1, 0.15) is 5.82 Å². The van der Waals surface area contributed by atoms with Crippen LogP contribution in [0.15, 0.2) is 22.8 Å². The van der Waals surface area contributed by atoms with Gasteiger partial charge in [0.05, 0.1) is 0 Å². The molecule has 0 bridgehead atoms. The van der Waals surface area contributed by atoms with Gasteiger partial charge in [-0.25, -0.2) is 4.98 Å². The number of hydrogen-bond acceptors (Lipinski definition) is 4. The number of hydrogen-bond donors (Lipinski definition) is 1. The van der Waals surface area contributed by atoms with Crippen molar-refractivity contribution >= 4 is 33.6 Å². The first kappa shape index (κ1) is 15.8. The third-order valence-electron chi connectivity index (χ3n) is 3.22. The highest BCUT2D eigenvalue weighted by atomic mass is 79.9. The summed E-state index contributed by atoms with van der Waals surface area (Å²) in [6.07, 6.45) is 1.75. The first-order chi connectivity index (χ1) is 9.97. The zero-order chi connectivity index (χ0) is 15.4. The van der Waals surface area contributed by atoms with Crippen molar-refractivity contribution in [3.63, 3.8) is 0 Å². The van der Waals surface area contributed by atoms with Crippen molar-refractivity contribution < 1.29 is 9.59 Å². The van der Waals surface area contributed by atoms with Gasteiger partial charge in [0.15, 0.2) is 0 Å². The molecular weight excluding hydrogens is 336 g/mol. The number of piperazine rings is 1. The summed E-state index contributed by atoms with van der Waals surface area (Å²) in [5, 5.41) is 2.63. The highest BCUT2D eigenvalue weighted by molar-refractivity contribution is 9.10. The number of carbonyl (C=O) groups is 2. The molecule has 2 heterocycles. The predicted molar refractivity (Wildman–Crippen MR) is 84.0 cm³/mol. The van der Waals surface area contributed by atoms with E-state index < -0.39 is 11.8 Å². The second kappa shape index (κ2) is 6.89. The fourth-order valence-electron chi connectivity index (χ4n) is 2.16. The zero-order valence-electron chi connectivity index (χ0n) is 12.2. The molecular formula is C14H19BrN4O2. The molecule has 1 aliphatic heterocycles. The zero-order valence-corrected chi connectivity index (χ0v) is 13.8.